The van der Waals surface area contributed by atoms with Gasteiger partial charge in [0.05, 0.1) is 40.8 Å². The Hall–Kier alpha value is -5.43. The van der Waals surface area contributed by atoms with E-state index < -0.39 is 24.1 Å². The highest BCUT2D eigenvalue weighted by molar-refractivity contribution is 7.09. The van der Waals surface area contributed by atoms with E-state index in [0.717, 1.165) is 39.8 Å². The average Bonchev–Trinajstić information content (AvgIpc) is 3.95. The minimum atomic E-state index is -1.82. The highest BCUT2D eigenvalue weighted by Crippen LogP contribution is 2.20. The second-order valence-electron chi connectivity index (χ2n) is 14.6. The molecule has 324 valence electrons. The average molecular weight is 866 g/mol. The zero-order valence-corrected chi connectivity index (χ0v) is 35.8. The van der Waals surface area contributed by atoms with Gasteiger partial charge in [-0.2, -0.15) is 0 Å². The van der Waals surface area contributed by atoms with Gasteiger partial charge in [-0.25, -0.2) is 24.2 Å². The van der Waals surface area contributed by atoms with E-state index in [1.54, 1.807) is 35.0 Å². The molecule has 0 spiro atoms. The van der Waals surface area contributed by atoms with Crippen molar-refractivity contribution in [3.05, 3.63) is 104 Å². The van der Waals surface area contributed by atoms with Crippen LogP contribution in [-0.4, -0.2) is 118 Å². The third-order valence-corrected chi connectivity index (χ3v) is 11.4. The summed E-state index contributed by atoms with van der Waals surface area (Å²) in [6.07, 6.45) is 4.00. The molecule has 1 aliphatic rings. The number of nitrogens with one attached hydrogen (secondary N) is 3. The number of aromatic nitrogens is 2. The third-order valence-electron chi connectivity index (χ3n) is 9.45. The molecule has 5 rings (SSSR count). The van der Waals surface area contributed by atoms with Crippen molar-refractivity contribution in [2.45, 2.75) is 83.1 Å². The van der Waals surface area contributed by atoms with E-state index >= 15 is 0 Å². The fourth-order valence-electron chi connectivity index (χ4n) is 6.25. The molecule has 2 aromatic carbocycles. The van der Waals surface area contributed by atoms with Gasteiger partial charge in [0, 0.05) is 56.3 Å². The van der Waals surface area contributed by atoms with Gasteiger partial charge in [0.25, 0.3) is 0 Å². The maximum absolute atomic E-state index is 14.2. The number of aliphatic carboxylic acids is 2. The lowest BCUT2D eigenvalue weighted by Gasteiger charge is -2.30. The fraction of sp³-hybridized carbons (Fsp3) is 0.452. The van der Waals surface area contributed by atoms with E-state index in [4.69, 9.17) is 29.3 Å². The van der Waals surface area contributed by atoms with Crippen molar-refractivity contribution >= 4 is 52.6 Å². The SMILES string of the molecule is CC(C)c1nc(CN(C)C(=O)NC(CCN2CCOCC2)C(=O)NC(CCC(Cc2ccccc2)NC(=O)OCc2cncs2)Cc2ccccc2)cs1.O=C(O)C(=O)O. The largest absolute Gasteiger partial charge is 0.473 e. The number of alkyl carbamates (subject to hydrolysis) is 1. The highest BCUT2D eigenvalue weighted by atomic mass is 32.1. The lowest BCUT2D eigenvalue weighted by molar-refractivity contribution is -0.159. The smallest absolute Gasteiger partial charge is 0.414 e. The van der Waals surface area contributed by atoms with Gasteiger partial charge in [-0.05, 0) is 43.2 Å². The first-order chi connectivity index (χ1) is 28.9. The minimum absolute atomic E-state index is 0.150. The van der Waals surface area contributed by atoms with Crippen LogP contribution in [0.5, 0.6) is 0 Å². The predicted octanol–water partition coefficient (Wildman–Crippen LogP) is 5.16. The molecule has 0 bridgehead atoms. The zero-order valence-electron chi connectivity index (χ0n) is 34.2. The monoisotopic (exact) mass is 865 g/mol. The first kappa shape index (κ1) is 47.3. The summed E-state index contributed by atoms with van der Waals surface area (Å²) in [7, 11) is 1.72. The van der Waals surface area contributed by atoms with Crippen LogP contribution in [0.25, 0.3) is 0 Å². The summed E-state index contributed by atoms with van der Waals surface area (Å²) in [5.74, 6) is -3.57. The number of benzene rings is 2. The molecular weight excluding hydrogens is 811 g/mol. The van der Waals surface area contributed by atoms with E-state index in [1.807, 2.05) is 66.0 Å². The molecule has 2 aromatic heterocycles. The number of hydrogen-bond acceptors (Lipinski definition) is 12. The van der Waals surface area contributed by atoms with Gasteiger partial charge in [-0.15, -0.1) is 22.7 Å². The first-order valence-corrected chi connectivity index (χ1v) is 21.5. The number of nitrogens with zero attached hydrogens (tertiary/aromatic N) is 4. The van der Waals surface area contributed by atoms with Gasteiger partial charge in [-0.1, -0.05) is 74.5 Å². The Balaban J connectivity index is 0.00000123. The molecule has 1 fully saturated rings. The third kappa shape index (κ3) is 17.4. The standard InChI is InChI=1S/C40H53N7O5S2.C2H2O4/c1-29(2)38-43-34(27-53-38)25-46(3)39(49)45-36(16-17-47-18-20-51-21-19-47)37(48)42-32(22-30-10-6-4-7-11-30)14-15-33(23-31-12-8-5-9-13-31)44-40(50)52-26-35-24-41-28-54-35;3-1(4)2(5)6/h4-13,24,27-29,32-33,36H,14-23,25-26H2,1-3H3,(H,42,48)(H,44,50)(H,45,49);(H,3,4)(H,5,6). The Morgan fingerprint density at radius 3 is 1.98 bits per heavy atom. The van der Waals surface area contributed by atoms with E-state index in [-0.39, 0.29) is 30.6 Å². The Kier molecular flexibility index (Phi) is 19.9. The van der Waals surface area contributed by atoms with Crippen LogP contribution in [0, 0.1) is 0 Å². The number of ether oxygens (including phenoxy) is 2. The Labute approximate surface area is 358 Å². The first-order valence-electron chi connectivity index (χ1n) is 19.8. The molecule has 0 radical (unpaired) electrons. The van der Waals surface area contributed by atoms with E-state index in [1.165, 1.54) is 11.3 Å². The van der Waals surface area contributed by atoms with E-state index in [9.17, 15) is 14.4 Å². The van der Waals surface area contributed by atoms with Crippen LogP contribution in [-0.2, 0) is 49.9 Å². The number of carbonyl (C=O) groups excluding carboxylic acids is 3. The summed E-state index contributed by atoms with van der Waals surface area (Å²) in [6, 6.07) is 18.4. The molecule has 60 heavy (non-hydrogen) atoms. The minimum Gasteiger partial charge on any atom is -0.473 e. The second-order valence-corrected chi connectivity index (χ2v) is 16.5. The van der Waals surface area contributed by atoms with Crippen LogP contribution < -0.4 is 16.0 Å². The molecule has 3 unspecified atom stereocenters. The summed E-state index contributed by atoms with van der Waals surface area (Å²) < 4.78 is 11.1. The summed E-state index contributed by atoms with van der Waals surface area (Å²) in [4.78, 5) is 72.4. The van der Waals surface area contributed by atoms with Crippen LogP contribution in [0.4, 0.5) is 9.59 Å². The highest BCUT2D eigenvalue weighted by Gasteiger charge is 2.27. The lowest BCUT2D eigenvalue weighted by Crippen LogP contribution is -2.54. The maximum atomic E-state index is 14.2. The van der Waals surface area contributed by atoms with Crippen LogP contribution in [0.15, 0.2) is 77.8 Å². The molecule has 3 heterocycles. The second kappa shape index (κ2) is 25.3. The maximum Gasteiger partial charge on any atom is 0.414 e. The van der Waals surface area contributed by atoms with Gasteiger partial charge >= 0.3 is 24.1 Å². The number of amides is 4. The van der Waals surface area contributed by atoms with Gasteiger partial charge in [0.1, 0.15) is 12.6 Å². The van der Waals surface area contributed by atoms with Gasteiger partial charge in [0.2, 0.25) is 5.91 Å². The van der Waals surface area contributed by atoms with Crippen molar-refractivity contribution in [3.8, 4) is 0 Å². The number of urea groups is 1. The molecule has 0 aliphatic carbocycles. The Morgan fingerprint density at radius 1 is 0.850 bits per heavy atom. The Morgan fingerprint density at radius 2 is 1.45 bits per heavy atom. The normalized spacial score (nSPS) is 14.1. The predicted molar refractivity (Wildman–Crippen MR) is 228 cm³/mol. The molecule has 1 saturated heterocycles. The number of carboxylic acids is 2. The molecule has 0 saturated carbocycles. The van der Waals surface area contributed by atoms with Crippen molar-refractivity contribution < 1.29 is 43.7 Å². The summed E-state index contributed by atoms with van der Waals surface area (Å²) >= 11 is 3.02. The van der Waals surface area contributed by atoms with E-state index in [0.29, 0.717) is 64.3 Å². The molecule has 4 amide bonds. The van der Waals surface area contributed by atoms with Gasteiger partial charge in [-0.3, -0.25) is 14.7 Å². The molecule has 3 atom stereocenters. The van der Waals surface area contributed by atoms with Crippen LogP contribution in [0.2, 0.25) is 0 Å². The summed E-state index contributed by atoms with van der Waals surface area (Å²) in [5.41, 5.74) is 4.70. The Bertz CT molecular complexity index is 1900. The van der Waals surface area contributed by atoms with Crippen molar-refractivity contribution in [1.82, 2.24) is 35.7 Å². The number of carbonyl (C=O) groups is 5. The number of carboxylic acid groups (broad SMARTS) is 2. The number of hydrogen-bond donors (Lipinski definition) is 5. The molecule has 5 N–H and O–H groups in total. The van der Waals surface area contributed by atoms with Gasteiger partial charge in [0.15, 0.2) is 0 Å². The van der Waals surface area contributed by atoms with E-state index in [2.05, 4.69) is 44.7 Å². The van der Waals surface area contributed by atoms with Crippen molar-refractivity contribution in [2.24, 2.45) is 0 Å². The lowest BCUT2D eigenvalue weighted by atomic mass is 9.95. The number of thiazole rings is 2. The van der Waals surface area contributed by atoms with Crippen molar-refractivity contribution in [1.29, 1.82) is 0 Å². The fourth-order valence-corrected chi connectivity index (χ4v) is 7.58. The van der Waals surface area contributed by atoms with Crippen LogP contribution >= 0.6 is 22.7 Å². The van der Waals surface area contributed by atoms with Crippen molar-refractivity contribution in [3.63, 3.8) is 0 Å². The summed E-state index contributed by atoms with van der Waals surface area (Å²) in [6.45, 7) is 8.19. The van der Waals surface area contributed by atoms with Crippen LogP contribution in [0.1, 0.15) is 65.7 Å². The zero-order chi connectivity index (χ0) is 43.3. The molecule has 4 aromatic rings. The summed E-state index contributed by atoms with van der Waals surface area (Å²) in [5, 5.41) is 27.2. The number of morpholine rings is 1. The quantitative estimate of drug-likeness (QED) is 0.0775. The van der Waals surface area contributed by atoms with Crippen LogP contribution in [0.3, 0.4) is 0 Å². The molecule has 16 nitrogen and oxygen atoms in total. The molecule has 1 aliphatic heterocycles. The van der Waals surface area contributed by atoms with Crippen molar-refractivity contribution in [2.75, 3.05) is 39.9 Å². The number of rotatable bonds is 19. The molecule has 18 heteroatoms. The molecular formula is C42H55N7O9S2. The van der Waals surface area contributed by atoms with Gasteiger partial charge < -0.3 is 40.5 Å². The topological polar surface area (TPSA) is 213 Å².